The highest BCUT2D eigenvalue weighted by molar-refractivity contribution is 4.93. The van der Waals surface area contributed by atoms with Crippen LogP contribution in [0.5, 0.6) is 0 Å². The number of nitrogens with one attached hydrogen (secondary N) is 1. The Bertz CT molecular complexity index is 231. The SMILES string of the molecule is CCNC1CCC(C)(C)CC1N(C)CCCOC. The molecule has 0 amide bonds. The highest BCUT2D eigenvalue weighted by Gasteiger charge is 2.36. The van der Waals surface area contributed by atoms with Gasteiger partial charge in [-0.15, -0.1) is 0 Å². The van der Waals surface area contributed by atoms with Crippen LogP contribution in [0.2, 0.25) is 0 Å². The van der Waals surface area contributed by atoms with Crippen LogP contribution < -0.4 is 5.32 Å². The monoisotopic (exact) mass is 256 g/mol. The van der Waals surface area contributed by atoms with E-state index in [9.17, 15) is 0 Å². The Morgan fingerprint density at radius 2 is 2.11 bits per heavy atom. The zero-order valence-corrected chi connectivity index (χ0v) is 13.0. The number of methoxy groups -OCH3 is 1. The molecule has 2 atom stereocenters. The van der Waals surface area contributed by atoms with Crippen molar-refractivity contribution >= 4 is 0 Å². The summed E-state index contributed by atoms with van der Waals surface area (Å²) in [6, 6.07) is 1.33. The van der Waals surface area contributed by atoms with Gasteiger partial charge in [0.15, 0.2) is 0 Å². The van der Waals surface area contributed by atoms with Crippen LogP contribution >= 0.6 is 0 Å². The van der Waals surface area contributed by atoms with Gasteiger partial charge in [0.1, 0.15) is 0 Å². The van der Waals surface area contributed by atoms with E-state index >= 15 is 0 Å². The molecule has 108 valence electrons. The van der Waals surface area contributed by atoms with E-state index in [1.54, 1.807) is 7.11 Å². The quantitative estimate of drug-likeness (QED) is 0.708. The summed E-state index contributed by atoms with van der Waals surface area (Å²) in [6.45, 7) is 10.1. The predicted octanol–water partition coefficient (Wildman–Crippen LogP) is 2.51. The lowest BCUT2D eigenvalue weighted by atomic mass is 9.72. The zero-order chi connectivity index (χ0) is 13.6. The molecular formula is C15H32N2O. The van der Waals surface area contributed by atoms with E-state index in [1.807, 2.05) is 0 Å². The third kappa shape index (κ3) is 4.87. The van der Waals surface area contributed by atoms with Gasteiger partial charge < -0.3 is 15.0 Å². The number of likely N-dealkylation sites (N-methyl/N-ethyl adjacent to an activating group) is 2. The van der Waals surface area contributed by atoms with Crippen molar-refractivity contribution in [2.45, 2.75) is 58.5 Å². The van der Waals surface area contributed by atoms with Crippen LogP contribution in [0.15, 0.2) is 0 Å². The van der Waals surface area contributed by atoms with Gasteiger partial charge in [-0.2, -0.15) is 0 Å². The molecule has 1 aliphatic carbocycles. The Morgan fingerprint density at radius 3 is 2.72 bits per heavy atom. The average Bonchev–Trinajstić information content (AvgIpc) is 2.31. The van der Waals surface area contributed by atoms with Crippen molar-refractivity contribution in [2.24, 2.45) is 5.41 Å². The number of nitrogens with zero attached hydrogens (tertiary/aromatic N) is 1. The van der Waals surface area contributed by atoms with Crippen molar-refractivity contribution in [2.75, 3.05) is 33.9 Å². The zero-order valence-electron chi connectivity index (χ0n) is 13.0. The molecule has 1 fully saturated rings. The molecule has 1 N–H and O–H groups in total. The first-order valence-electron chi connectivity index (χ1n) is 7.42. The summed E-state index contributed by atoms with van der Waals surface area (Å²) >= 11 is 0. The molecule has 0 aromatic heterocycles. The summed E-state index contributed by atoms with van der Waals surface area (Å²) in [5.41, 5.74) is 0.492. The fraction of sp³-hybridized carbons (Fsp3) is 1.00. The summed E-state index contributed by atoms with van der Waals surface area (Å²) in [7, 11) is 4.05. The maximum absolute atomic E-state index is 5.15. The van der Waals surface area contributed by atoms with Gasteiger partial charge in [0.2, 0.25) is 0 Å². The molecule has 0 bridgehead atoms. The molecule has 1 aliphatic rings. The topological polar surface area (TPSA) is 24.5 Å². The molecule has 18 heavy (non-hydrogen) atoms. The minimum absolute atomic E-state index is 0.492. The van der Waals surface area contributed by atoms with Gasteiger partial charge in [-0.25, -0.2) is 0 Å². The van der Waals surface area contributed by atoms with E-state index in [0.717, 1.165) is 26.1 Å². The molecule has 0 aromatic rings. The lowest BCUT2D eigenvalue weighted by Crippen LogP contribution is -2.53. The summed E-state index contributed by atoms with van der Waals surface area (Å²) in [5.74, 6) is 0. The van der Waals surface area contributed by atoms with Crippen molar-refractivity contribution in [1.29, 1.82) is 0 Å². The second-order valence-corrected chi connectivity index (χ2v) is 6.47. The smallest absolute Gasteiger partial charge is 0.0474 e. The van der Waals surface area contributed by atoms with Crippen molar-refractivity contribution in [3.8, 4) is 0 Å². The van der Waals surface area contributed by atoms with E-state index in [1.165, 1.54) is 19.3 Å². The van der Waals surface area contributed by atoms with E-state index in [-0.39, 0.29) is 0 Å². The van der Waals surface area contributed by atoms with Gasteiger partial charge in [0, 0.05) is 32.3 Å². The third-order valence-electron chi connectivity index (χ3n) is 4.25. The van der Waals surface area contributed by atoms with Crippen LogP contribution in [0.1, 0.15) is 46.5 Å². The number of hydrogen-bond donors (Lipinski definition) is 1. The molecular weight excluding hydrogens is 224 g/mol. The molecule has 3 heteroatoms. The minimum atomic E-state index is 0.492. The van der Waals surface area contributed by atoms with Crippen molar-refractivity contribution in [3.05, 3.63) is 0 Å². The Hall–Kier alpha value is -0.120. The van der Waals surface area contributed by atoms with Crippen LogP contribution in [0, 0.1) is 5.41 Å². The Balaban J connectivity index is 2.54. The van der Waals surface area contributed by atoms with Crippen molar-refractivity contribution < 1.29 is 4.74 Å². The lowest BCUT2D eigenvalue weighted by molar-refractivity contribution is 0.0754. The summed E-state index contributed by atoms with van der Waals surface area (Å²) in [6.07, 6.45) is 5.07. The van der Waals surface area contributed by atoms with Gasteiger partial charge in [0.05, 0.1) is 0 Å². The Morgan fingerprint density at radius 1 is 1.39 bits per heavy atom. The highest BCUT2D eigenvalue weighted by Crippen LogP contribution is 2.37. The van der Waals surface area contributed by atoms with Crippen LogP contribution in [-0.4, -0.2) is 50.8 Å². The molecule has 0 aliphatic heterocycles. The van der Waals surface area contributed by atoms with E-state index in [2.05, 4.69) is 38.0 Å². The largest absolute Gasteiger partial charge is 0.385 e. The van der Waals surface area contributed by atoms with E-state index in [0.29, 0.717) is 17.5 Å². The molecule has 1 rings (SSSR count). The van der Waals surface area contributed by atoms with E-state index < -0.39 is 0 Å². The second-order valence-electron chi connectivity index (χ2n) is 6.47. The fourth-order valence-electron chi connectivity index (χ4n) is 3.14. The van der Waals surface area contributed by atoms with Crippen LogP contribution in [-0.2, 0) is 4.74 Å². The van der Waals surface area contributed by atoms with Crippen molar-refractivity contribution in [1.82, 2.24) is 10.2 Å². The lowest BCUT2D eigenvalue weighted by Gasteiger charge is -2.45. The minimum Gasteiger partial charge on any atom is -0.385 e. The van der Waals surface area contributed by atoms with Crippen LogP contribution in [0.25, 0.3) is 0 Å². The van der Waals surface area contributed by atoms with Gasteiger partial charge in [-0.3, -0.25) is 0 Å². The van der Waals surface area contributed by atoms with Gasteiger partial charge in [-0.05, 0) is 44.7 Å². The molecule has 0 heterocycles. The van der Waals surface area contributed by atoms with Gasteiger partial charge in [-0.1, -0.05) is 20.8 Å². The first-order chi connectivity index (χ1) is 8.50. The molecule has 3 nitrogen and oxygen atoms in total. The highest BCUT2D eigenvalue weighted by atomic mass is 16.5. The Labute approximate surface area is 113 Å². The summed E-state index contributed by atoms with van der Waals surface area (Å²) in [4.78, 5) is 2.53. The number of rotatable bonds is 7. The molecule has 0 aromatic carbocycles. The third-order valence-corrected chi connectivity index (χ3v) is 4.25. The molecule has 0 radical (unpaired) electrons. The second kappa shape index (κ2) is 7.46. The summed E-state index contributed by atoms with van der Waals surface area (Å²) in [5, 5.41) is 3.67. The van der Waals surface area contributed by atoms with Crippen molar-refractivity contribution in [3.63, 3.8) is 0 Å². The summed E-state index contributed by atoms with van der Waals surface area (Å²) < 4.78 is 5.15. The normalized spacial score (nSPS) is 27.7. The van der Waals surface area contributed by atoms with Crippen LogP contribution in [0.3, 0.4) is 0 Å². The Kier molecular flexibility index (Phi) is 6.61. The first-order valence-corrected chi connectivity index (χ1v) is 7.42. The average molecular weight is 256 g/mol. The number of hydrogen-bond acceptors (Lipinski definition) is 3. The molecule has 0 spiro atoms. The number of ether oxygens (including phenoxy) is 1. The molecule has 0 saturated heterocycles. The first kappa shape index (κ1) is 15.9. The molecule has 2 unspecified atom stereocenters. The maximum atomic E-state index is 5.15. The van der Waals surface area contributed by atoms with Crippen LogP contribution in [0.4, 0.5) is 0 Å². The standard InChI is InChI=1S/C15H32N2O/c1-6-16-13-8-9-15(2,3)12-14(13)17(4)10-7-11-18-5/h13-14,16H,6-12H2,1-5H3. The fourth-order valence-corrected chi connectivity index (χ4v) is 3.14. The maximum Gasteiger partial charge on any atom is 0.0474 e. The molecule has 1 saturated carbocycles. The van der Waals surface area contributed by atoms with Gasteiger partial charge >= 0.3 is 0 Å². The van der Waals surface area contributed by atoms with E-state index in [4.69, 9.17) is 4.74 Å². The predicted molar refractivity (Wildman–Crippen MR) is 78.0 cm³/mol. The van der Waals surface area contributed by atoms with Gasteiger partial charge in [0.25, 0.3) is 0 Å².